The fourth-order valence-electron chi connectivity index (χ4n) is 2.26. The normalized spacial score (nSPS) is 23.2. The number of nitrogens with zero attached hydrogens (tertiary/aromatic N) is 1. The number of nitro benzene ring substituents is 1. The minimum absolute atomic E-state index is 0.120. The van der Waals surface area contributed by atoms with Crippen molar-refractivity contribution in [3.8, 4) is 5.75 Å². The van der Waals surface area contributed by atoms with Gasteiger partial charge in [0, 0.05) is 18.6 Å². The molecule has 0 N–H and O–H groups in total. The zero-order valence-electron chi connectivity index (χ0n) is 12.6. The Morgan fingerprint density at radius 1 is 1.28 bits per heavy atom. The molecule has 0 unspecified atom stereocenters. The van der Waals surface area contributed by atoms with E-state index in [-0.39, 0.29) is 22.5 Å². The SMILES string of the molecule is O=[N+]([O-])c1ccc(O[P@]2(=O)OCC[C@@H](c3ccc(F)c(Br)c3)O2)cc1. The van der Waals surface area contributed by atoms with E-state index in [0.29, 0.717) is 12.0 Å². The lowest BCUT2D eigenvalue weighted by atomic mass is 10.1. The summed E-state index contributed by atoms with van der Waals surface area (Å²) >= 11 is 3.10. The second-order valence-electron chi connectivity index (χ2n) is 5.18. The summed E-state index contributed by atoms with van der Waals surface area (Å²) in [6, 6.07) is 9.42. The van der Waals surface area contributed by atoms with Gasteiger partial charge in [-0.1, -0.05) is 6.07 Å². The lowest BCUT2D eigenvalue weighted by Gasteiger charge is -2.29. The predicted octanol–water partition coefficient (Wildman–Crippen LogP) is 5.16. The van der Waals surface area contributed by atoms with Crippen LogP contribution in [0.15, 0.2) is 46.9 Å². The predicted molar refractivity (Wildman–Crippen MR) is 89.8 cm³/mol. The molecule has 0 bridgehead atoms. The standard InChI is InChI=1S/C15H12BrFNO6P/c16-13-9-10(1-6-14(13)17)15-7-8-22-25(21,24-15)23-12-4-2-11(3-5-12)18(19)20/h1-6,9,15H,7-8H2/t15-,25-/m0/s1. The molecule has 0 aromatic heterocycles. The molecule has 0 spiro atoms. The van der Waals surface area contributed by atoms with Crippen LogP contribution in [0.5, 0.6) is 5.75 Å². The molecule has 132 valence electrons. The lowest BCUT2D eigenvalue weighted by molar-refractivity contribution is -0.384. The monoisotopic (exact) mass is 431 g/mol. The number of halogens is 2. The van der Waals surface area contributed by atoms with Crippen molar-refractivity contribution < 1.29 is 27.5 Å². The van der Waals surface area contributed by atoms with Crippen molar-refractivity contribution in [1.82, 2.24) is 0 Å². The minimum atomic E-state index is -3.90. The average Bonchev–Trinajstić information content (AvgIpc) is 2.57. The molecule has 0 amide bonds. The van der Waals surface area contributed by atoms with Gasteiger partial charge in [0.1, 0.15) is 11.6 Å². The van der Waals surface area contributed by atoms with Crippen LogP contribution in [0.4, 0.5) is 10.1 Å². The van der Waals surface area contributed by atoms with Crippen LogP contribution in [0.2, 0.25) is 0 Å². The summed E-state index contributed by atoms with van der Waals surface area (Å²) in [5.41, 5.74) is 0.509. The molecule has 25 heavy (non-hydrogen) atoms. The number of phosphoric acid groups is 1. The second kappa shape index (κ2) is 7.21. The Morgan fingerprint density at radius 2 is 2.00 bits per heavy atom. The lowest BCUT2D eigenvalue weighted by Crippen LogP contribution is -2.16. The zero-order chi connectivity index (χ0) is 18.0. The van der Waals surface area contributed by atoms with E-state index >= 15 is 0 Å². The number of rotatable bonds is 4. The van der Waals surface area contributed by atoms with Crippen molar-refractivity contribution in [2.45, 2.75) is 12.5 Å². The van der Waals surface area contributed by atoms with Gasteiger partial charge in [-0.25, -0.2) is 8.96 Å². The van der Waals surface area contributed by atoms with E-state index in [2.05, 4.69) is 15.9 Å². The van der Waals surface area contributed by atoms with Crippen molar-refractivity contribution >= 4 is 29.4 Å². The molecule has 1 aliphatic rings. The fourth-order valence-corrected chi connectivity index (χ4v) is 4.06. The molecule has 0 radical (unpaired) electrons. The first kappa shape index (κ1) is 18.0. The van der Waals surface area contributed by atoms with Crippen LogP contribution < -0.4 is 4.52 Å². The molecule has 2 aromatic carbocycles. The number of hydrogen-bond donors (Lipinski definition) is 0. The maximum atomic E-state index is 13.4. The van der Waals surface area contributed by atoms with E-state index < -0.39 is 24.7 Å². The molecular weight excluding hydrogens is 420 g/mol. The van der Waals surface area contributed by atoms with Crippen LogP contribution in [0, 0.1) is 15.9 Å². The van der Waals surface area contributed by atoms with Crippen molar-refractivity contribution in [3.63, 3.8) is 0 Å². The van der Waals surface area contributed by atoms with Gasteiger partial charge in [-0.05, 0) is 45.8 Å². The minimum Gasteiger partial charge on any atom is -0.404 e. The maximum absolute atomic E-state index is 13.4. The zero-order valence-corrected chi connectivity index (χ0v) is 15.1. The molecule has 2 aromatic rings. The summed E-state index contributed by atoms with van der Waals surface area (Å²) in [5.74, 6) is -0.295. The van der Waals surface area contributed by atoms with Gasteiger partial charge in [0.2, 0.25) is 0 Å². The highest BCUT2D eigenvalue weighted by atomic mass is 79.9. The highest BCUT2D eigenvalue weighted by molar-refractivity contribution is 9.10. The number of non-ortho nitro benzene ring substituents is 1. The highest BCUT2D eigenvalue weighted by Crippen LogP contribution is 2.56. The first-order valence-corrected chi connectivity index (χ1v) is 9.44. The number of benzene rings is 2. The quantitative estimate of drug-likeness (QED) is 0.377. The van der Waals surface area contributed by atoms with E-state index in [0.717, 1.165) is 0 Å². The molecule has 1 aliphatic heterocycles. The molecule has 1 heterocycles. The van der Waals surface area contributed by atoms with Crippen molar-refractivity contribution in [1.29, 1.82) is 0 Å². The van der Waals surface area contributed by atoms with Gasteiger partial charge < -0.3 is 4.52 Å². The Bertz CT molecular complexity index is 846. The van der Waals surface area contributed by atoms with Crippen molar-refractivity contribution in [2.24, 2.45) is 0 Å². The summed E-state index contributed by atoms with van der Waals surface area (Å²) < 4.78 is 42.2. The smallest absolute Gasteiger partial charge is 0.404 e. The number of nitro groups is 1. The maximum Gasteiger partial charge on any atom is 0.530 e. The average molecular weight is 432 g/mol. The van der Waals surface area contributed by atoms with E-state index in [4.69, 9.17) is 13.6 Å². The number of phosphoric ester groups is 1. The van der Waals surface area contributed by atoms with Crippen LogP contribution in [-0.2, 0) is 13.6 Å². The first-order chi connectivity index (χ1) is 11.9. The Kier molecular flexibility index (Phi) is 5.19. The number of hydrogen-bond acceptors (Lipinski definition) is 6. The van der Waals surface area contributed by atoms with Crippen molar-refractivity contribution in [3.05, 3.63) is 68.4 Å². The van der Waals surface area contributed by atoms with Gasteiger partial charge in [-0.3, -0.25) is 19.2 Å². The van der Waals surface area contributed by atoms with Gasteiger partial charge in [-0.2, -0.15) is 0 Å². The molecule has 10 heteroatoms. The summed E-state index contributed by atoms with van der Waals surface area (Å²) in [6.07, 6.45) is -0.166. The second-order valence-corrected chi connectivity index (χ2v) is 7.58. The Labute approximate surface area is 150 Å². The molecule has 0 saturated carbocycles. The van der Waals surface area contributed by atoms with Gasteiger partial charge in [0.25, 0.3) is 5.69 Å². The molecule has 3 rings (SSSR count). The molecular formula is C15H12BrFNO6P. The summed E-state index contributed by atoms with van der Waals surface area (Å²) in [6.45, 7) is 0.129. The molecule has 7 nitrogen and oxygen atoms in total. The third-order valence-electron chi connectivity index (χ3n) is 3.47. The topological polar surface area (TPSA) is 87.9 Å². The van der Waals surface area contributed by atoms with Crippen LogP contribution >= 0.6 is 23.8 Å². The first-order valence-electron chi connectivity index (χ1n) is 7.18. The third-order valence-corrected chi connectivity index (χ3v) is 5.52. The van der Waals surface area contributed by atoms with Crippen LogP contribution in [-0.4, -0.2) is 11.5 Å². The third kappa shape index (κ3) is 4.24. The summed E-state index contributed by atoms with van der Waals surface area (Å²) in [5, 5.41) is 10.6. The van der Waals surface area contributed by atoms with Gasteiger partial charge in [0.05, 0.1) is 22.1 Å². The van der Waals surface area contributed by atoms with Gasteiger partial charge in [0.15, 0.2) is 0 Å². The largest absolute Gasteiger partial charge is 0.530 e. The Balaban J connectivity index is 1.75. The van der Waals surface area contributed by atoms with Crippen LogP contribution in [0.3, 0.4) is 0 Å². The van der Waals surface area contributed by atoms with Gasteiger partial charge in [-0.15, -0.1) is 0 Å². The Hall–Kier alpha value is -1.80. The van der Waals surface area contributed by atoms with Crippen LogP contribution in [0.25, 0.3) is 0 Å². The molecule has 1 fully saturated rings. The summed E-state index contributed by atoms with van der Waals surface area (Å²) in [4.78, 5) is 10.1. The summed E-state index contributed by atoms with van der Waals surface area (Å²) in [7, 11) is -3.90. The highest BCUT2D eigenvalue weighted by Gasteiger charge is 2.37. The molecule has 0 aliphatic carbocycles. The van der Waals surface area contributed by atoms with E-state index in [1.165, 1.54) is 36.4 Å². The van der Waals surface area contributed by atoms with Gasteiger partial charge >= 0.3 is 7.82 Å². The van der Waals surface area contributed by atoms with E-state index in [9.17, 15) is 19.1 Å². The molecule has 2 atom stereocenters. The van der Waals surface area contributed by atoms with E-state index in [1.54, 1.807) is 6.07 Å². The van der Waals surface area contributed by atoms with Crippen LogP contribution in [0.1, 0.15) is 18.1 Å². The Morgan fingerprint density at radius 3 is 2.64 bits per heavy atom. The molecule has 1 saturated heterocycles. The van der Waals surface area contributed by atoms with E-state index in [1.807, 2.05) is 0 Å². The fraction of sp³-hybridized carbons (Fsp3) is 0.200. The van der Waals surface area contributed by atoms with Crippen molar-refractivity contribution in [2.75, 3.05) is 6.61 Å².